The number of H-pyrrole nitrogens is 1. The molecule has 0 atom stereocenters. The first-order valence-corrected chi connectivity index (χ1v) is 5.62. The van der Waals surface area contributed by atoms with Gasteiger partial charge in [-0.3, -0.25) is 5.10 Å². The van der Waals surface area contributed by atoms with Crippen LogP contribution in [0.5, 0.6) is 0 Å². The second-order valence-electron chi connectivity index (χ2n) is 3.83. The summed E-state index contributed by atoms with van der Waals surface area (Å²) in [4.78, 5) is 11.4. The van der Waals surface area contributed by atoms with E-state index in [1.54, 1.807) is 0 Å². The fraction of sp³-hybridized carbons (Fsp3) is 0.167. The van der Waals surface area contributed by atoms with Crippen LogP contribution in [0.3, 0.4) is 0 Å². The van der Waals surface area contributed by atoms with Gasteiger partial charge < -0.3 is 4.74 Å². The maximum absolute atomic E-state index is 13.6. The van der Waals surface area contributed by atoms with Gasteiger partial charge in [-0.25, -0.2) is 26.7 Å². The minimum Gasteiger partial charge on any atom is -0.461 e. The van der Waals surface area contributed by atoms with E-state index >= 15 is 0 Å². The van der Waals surface area contributed by atoms with Gasteiger partial charge in [0.1, 0.15) is 5.69 Å². The quantitative estimate of drug-likeness (QED) is 0.410. The molecule has 0 saturated heterocycles. The molecule has 1 heterocycles. The van der Waals surface area contributed by atoms with Crippen molar-refractivity contribution in [2.24, 2.45) is 0 Å². The Kier molecular flexibility index (Phi) is 3.92. The summed E-state index contributed by atoms with van der Waals surface area (Å²) in [6, 6.07) is 0.830. The Hall–Kier alpha value is -2.45. The minimum atomic E-state index is -2.27. The van der Waals surface area contributed by atoms with Crippen LogP contribution < -0.4 is 0 Å². The summed E-state index contributed by atoms with van der Waals surface area (Å²) in [5.41, 5.74) is -2.11. The maximum Gasteiger partial charge on any atom is 0.356 e. The Morgan fingerprint density at radius 2 is 1.62 bits per heavy atom. The first-order chi connectivity index (χ1) is 9.88. The minimum absolute atomic E-state index is 0.0374. The number of nitrogens with one attached hydrogen (secondary N) is 1. The van der Waals surface area contributed by atoms with Crippen LogP contribution in [0.2, 0.25) is 0 Å². The van der Waals surface area contributed by atoms with E-state index in [9.17, 15) is 26.7 Å². The largest absolute Gasteiger partial charge is 0.461 e. The van der Waals surface area contributed by atoms with Gasteiger partial charge in [0.2, 0.25) is 5.82 Å². The maximum atomic E-state index is 13.6. The number of aromatic nitrogens is 2. The summed E-state index contributed by atoms with van der Waals surface area (Å²) >= 11 is 0. The van der Waals surface area contributed by atoms with Gasteiger partial charge >= 0.3 is 5.97 Å². The van der Waals surface area contributed by atoms with Crippen molar-refractivity contribution in [3.63, 3.8) is 0 Å². The van der Waals surface area contributed by atoms with E-state index in [1.165, 1.54) is 6.92 Å². The fourth-order valence-electron chi connectivity index (χ4n) is 1.59. The summed E-state index contributed by atoms with van der Waals surface area (Å²) in [5, 5.41) is 5.46. The van der Waals surface area contributed by atoms with E-state index < -0.39 is 46.3 Å². The molecule has 0 amide bonds. The van der Waals surface area contributed by atoms with Gasteiger partial charge in [-0.1, -0.05) is 0 Å². The Bertz CT molecular complexity index is 685. The van der Waals surface area contributed by atoms with Gasteiger partial charge in [-0.2, -0.15) is 5.10 Å². The molecule has 1 aromatic carbocycles. The van der Waals surface area contributed by atoms with E-state index in [2.05, 4.69) is 14.9 Å². The molecule has 0 saturated carbocycles. The van der Waals surface area contributed by atoms with Crippen molar-refractivity contribution in [1.29, 1.82) is 0 Å². The lowest BCUT2D eigenvalue weighted by atomic mass is 10.1. The number of ether oxygens (including phenoxy) is 1. The van der Waals surface area contributed by atoms with Gasteiger partial charge in [0.05, 0.1) is 17.9 Å². The predicted molar refractivity (Wildman–Crippen MR) is 59.8 cm³/mol. The standard InChI is InChI=1S/C12H7F5N2O2/c1-2-21-12(20)5-3-4(18-19-5)6-7(13)9(15)11(17)10(16)8(6)14/h3H,2H2,1H3,(H,18,19). The van der Waals surface area contributed by atoms with Gasteiger partial charge in [-0.15, -0.1) is 0 Å². The molecule has 112 valence electrons. The van der Waals surface area contributed by atoms with Crippen LogP contribution in [0, 0.1) is 29.1 Å². The number of hydrogen-bond donors (Lipinski definition) is 1. The van der Waals surface area contributed by atoms with Crippen molar-refractivity contribution in [1.82, 2.24) is 10.2 Å². The molecule has 0 aliphatic rings. The lowest BCUT2D eigenvalue weighted by Crippen LogP contribution is -2.05. The molecule has 0 unspecified atom stereocenters. The molecule has 1 aromatic heterocycles. The van der Waals surface area contributed by atoms with Crippen LogP contribution in [0.4, 0.5) is 22.0 Å². The average Bonchev–Trinajstić information content (AvgIpc) is 2.93. The first kappa shape index (κ1) is 14.9. The molecular formula is C12H7F5N2O2. The van der Waals surface area contributed by atoms with Crippen LogP contribution in [0.25, 0.3) is 11.3 Å². The van der Waals surface area contributed by atoms with E-state index in [-0.39, 0.29) is 12.3 Å². The SMILES string of the molecule is CCOC(=O)c1cc(-c2c(F)c(F)c(F)c(F)c2F)n[nH]1. The Morgan fingerprint density at radius 1 is 1.10 bits per heavy atom. The van der Waals surface area contributed by atoms with E-state index in [0.717, 1.165) is 6.07 Å². The van der Waals surface area contributed by atoms with Gasteiger partial charge in [0.25, 0.3) is 0 Å². The predicted octanol–water partition coefficient (Wildman–Crippen LogP) is 2.95. The van der Waals surface area contributed by atoms with Crippen molar-refractivity contribution in [3.05, 3.63) is 40.8 Å². The highest BCUT2D eigenvalue weighted by Gasteiger charge is 2.28. The van der Waals surface area contributed by atoms with E-state index in [0.29, 0.717) is 0 Å². The molecule has 0 bridgehead atoms. The molecule has 9 heteroatoms. The number of rotatable bonds is 3. The normalized spacial score (nSPS) is 10.8. The average molecular weight is 306 g/mol. The lowest BCUT2D eigenvalue weighted by Gasteiger charge is -2.05. The highest BCUT2D eigenvalue weighted by molar-refractivity contribution is 5.88. The third-order valence-corrected chi connectivity index (χ3v) is 2.54. The number of aromatic amines is 1. The number of benzene rings is 1. The Morgan fingerprint density at radius 3 is 2.14 bits per heavy atom. The van der Waals surface area contributed by atoms with Gasteiger partial charge in [0, 0.05) is 0 Å². The summed E-state index contributed by atoms with van der Waals surface area (Å²) in [5.74, 6) is -11.4. The molecule has 21 heavy (non-hydrogen) atoms. The smallest absolute Gasteiger partial charge is 0.356 e. The van der Waals surface area contributed by atoms with Crippen LogP contribution in [-0.2, 0) is 4.74 Å². The van der Waals surface area contributed by atoms with Crippen molar-refractivity contribution in [3.8, 4) is 11.3 Å². The van der Waals surface area contributed by atoms with Crippen LogP contribution in [0.1, 0.15) is 17.4 Å². The second-order valence-corrected chi connectivity index (χ2v) is 3.83. The summed E-state index contributed by atoms with van der Waals surface area (Å²) in [6.07, 6.45) is 0. The monoisotopic (exact) mass is 306 g/mol. The number of hydrogen-bond acceptors (Lipinski definition) is 3. The fourth-order valence-corrected chi connectivity index (χ4v) is 1.59. The third kappa shape index (κ3) is 2.46. The summed E-state index contributed by atoms with van der Waals surface area (Å²) in [7, 11) is 0. The van der Waals surface area contributed by atoms with Crippen molar-refractivity contribution >= 4 is 5.97 Å². The van der Waals surface area contributed by atoms with Crippen LogP contribution >= 0.6 is 0 Å². The molecule has 0 spiro atoms. The van der Waals surface area contributed by atoms with Crippen LogP contribution in [0.15, 0.2) is 6.07 Å². The Labute approximate surface area is 114 Å². The van der Waals surface area contributed by atoms with E-state index in [1.807, 2.05) is 0 Å². The summed E-state index contributed by atoms with van der Waals surface area (Å²) in [6.45, 7) is 1.56. The highest BCUT2D eigenvalue weighted by atomic mass is 19.2. The summed E-state index contributed by atoms with van der Waals surface area (Å²) < 4.78 is 70.8. The number of esters is 1. The molecular weight excluding hydrogens is 299 g/mol. The molecule has 2 aromatic rings. The zero-order valence-corrected chi connectivity index (χ0v) is 10.4. The molecule has 0 aliphatic carbocycles. The number of carbonyl (C=O) groups excluding carboxylic acids is 1. The highest BCUT2D eigenvalue weighted by Crippen LogP contribution is 2.30. The first-order valence-electron chi connectivity index (χ1n) is 5.62. The van der Waals surface area contributed by atoms with Crippen molar-refractivity contribution < 1.29 is 31.5 Å². The second kappa shape index (κ2) is 5.51. The molecule has 1 N–H and O–H groups in total. The molecule has 0 radical (unpaired) electrons. The lowest BCUT2D eigenvalue weighted by molar-refractivity contribution is 0.0519. The molecule has 4 nitrogen and oxygen atoms in total. The molecule has 2 rings (SSSR count). The van der Waals surface area contributed by atoms with Gasteiger partial charge in [0.15, 0.2) is 23.3 Å². The van der Waals surface area contributed by atoms with Crippen molar-refractivity contribution in [2.75, 3.05) is 6.61 Å². The number of halogens is 5. The number of carbonyl (C=O) groups is 1. The number of nitrogens with zero attached hydrogens (tertiary/aromatic N) is 1. The zero-order chi connectivity index (χ0) is 15.7. The molecule has 0 fully saturated rings. The van der Waals surface area contributed by atoms with E-state index in [4.69, 9.17) is 0 Å². The Balaban J connectivity index is 2.56. The topological polar surface area (TPSA) is 55.0 Å². The third-order valence-electron chi connectivity index (χ3n) is 2.54. The van der Waals surface area contributed by atoms with Crippen molar-refractivity contribution in [2.45, 2.75) is 6.92 Å². The zero-order valence-electron chi connectivity index (χ0n) is 10.4. The van der Waals surface area contributed by atoms with Crippen LogP contribution in [-0.4, -0.2) is 22.8 Å². The molecule has 0 aliphatic heterocycles. The van der Waals surface area contributed by atoms with Gasteiger partial charge in [-0.05, 0) is 13.0 Å².